The highest BCUT2D eigenvalue weighted by Gasteiger charge is 2.10. The minimum absolute atomic E-state index is 0.723. The van der Waals surface area contributed by atoms with Crippen molar-refractivity contribution in [2.75, 3.05) is 6.54 Å². The van der Waals surface area contributed by atoms with Gasteiger partial charge in [-0.15, -0.1) is 0 Å². The summed E-state index contributed by atoms with van der Waals surface area (Å²) >= 11 is 0. The normalized spacial score (nSPS) is 11.1. The summed E-state index contributed by atoms with van der Waals surface area (Å²) in [4.78, 5) is 8.68. The fraction of sp³-hybridized carbons (Fsp3) is 0.583. The van der Waals surface area contributed by atoms with E-state index >= 15 is 0 Å². The van der Waals surface area contributed by atoms with Gasteiger partial charge in [-0.05, 0) is 20.4 Å². The highest BCUT2D eigenvalue weighted by atomic mass is 15.3. The number of nitrogens with zero attached hydrogens (tertiary/aromatic N) is 5. The minimum Gasteiger partial charge on any atom is -0.323 e. The van der Waals surface area contributed by atoms with E-state index in [0.717, 1.165) is 37.8 Å². The smallest absolute Gasteiger partial charge is 0.146 e. The van der Waals surface area contributed by atoms with Gasteiger partial charge in [-0.25, -0.2) is 14.6 Å². The number of nitrogens with one attached hydrogen (secondary N) is 1. The van der Waals surface area contributed by atoms with Crippen molar-refractivity contribution in [3.8, 4) is 0 Å². The largest absolute Gasteiger partial charge is 0.323 e. The maximum absolute atomic E-state index is 4.37. The zero-order chi connectivity index (χ0) is 13.0. The van der Waals surface area contributed by atoms with Crippen molar-refractivity contribution in [2.45, 2.75) is 40.4 Å². The van der Waals surface area contributed by atoms with Crippen molar-refractivity contribution >= 4 is 0 Å². The lowest BCUT2D eigenvalue weighted by Gasteiger charge is -2.10. The number of imidazole rings is 1. The van der Waals surface area contributed by atoms with Crippen LogP contribution >= 0.6 is 0 Å². The fourth-order valence-corrected chi connectivity index (χ4v) is 1.94. The quantitative estimate of drug-likeness (QED) is 0.827. The lowest BCUT2D eigenvalue weighted by molar-refractivity contribution is 0.570. The molecule has 0 saturated carbocycles. The molecule has 0 saturated heterocycles. The van der Waals surface area contributed by atoms with Crippen LogP contribution in [0.3, 0.4) is 0 Å². The highest BCUT2D eigenvalue weighted by molar-refractivity contribution is 5.06. The number of aryl methyl sites for hydroxylation is 2. The van der Waals surface area contributed by atoms with E-state index in [1.807, 2.05) is 17.8 Å². The van der Waals surface area contributed by atoms with Crippen molar-refractivity contribution < 1.29 is 0 Å². The first-order chi connectivity index (χ1) is 8.76. The number of hydrogen-bond acceptors (Lipinski definition) is 4. The van der Waals surface area contributed by atoms with Gasteiger partial charge in [-0.1, -0.05) is 6.92 Å². The van der Waals surface area contributed by atoms with E-state index in [-0.39, 0.29) is 0 Å². The van der Waals surface area contributed by atoms with Crippen LogP contribution in [0.2, 0.25) is 0 Å². The molecule has 0 aliphatic heterocycles. The van der Waals surface area contributed by atoms with E-state index in [9.17, 15) is 0 Å². The molecule has 2 aromatic rings. The Labute approximate surface area is 107 Å². The van der Waals surface area contributed by atoms with E-state index in [1.165, 1.54) is 5.69 Å². The van der Waals surface area contributed by atoms with Crippen LogP contribution in [0.4, 0.5) is 0 Å². The van der Waals surface area contributed by atoms with E-state index in [1.54, 1.807) is 6.33 Å². The van der Waals surface area contributed by atoms with Crippen LogP contribution in [0.15, 0.2) is 12.5 Å². The molecular formula is C12H20N6. The van der Waals surface area contributed by atoms with E-state index in [4.69, 9.17) is 0 Å². The first-order valence-electron chi connectivity index (χ1n) is 6.34. The molecule has 0 unspecified atom stereocenters. The Balaban J connectivity index is 2.20. The molecule has 0 amide bonds. The van der Waals surface area contributed by atoms with Crippen molar-refractivity contribution in [2.24, 2.45) is 0 Å². The highest BCUT2D eigenvalue weighted by Crippen LogP contribution is 2.08. The second kappa shape index (κ2) is 5.77. The molecule has 6 heteroatoms. The van der Waals surface area contributed by atoms with Gasteiger partial charge >= 0.3 is 0 Å². The number of aromatic nitrogens is 5. The summed E-state index contributed by atoms with van der Waals surface area (Å²) in [5, 5.41) is 7.52. The minimum atomic E-state index is 0.723. The van der Waals surface area contributed by atoms with Crippen molar-refractivity contribution in [1.82, 2.24) is 29.6 Å². The van der Waals surface area contributed by atoms with Crippen LogP contribution in [0.5, 0.6) is 0 Å². The molecule has 2 rings (SSSR count). The third-order valence-electron chi connectivity index (χ3n) is 2.99. The van der Waals surface area contributed by atoms with Crippen LogP contribution in [0, 0.1) is 6.92 Å². The SMILES string of the molecule is CCNCc1cnc(C)n1Cc1ncnn1CC. The van der Waals surface area contributed by atoms with Crippen molar-refractivity contribution in [3.63, 3.8) is 0 Å². The molecule has 0 fully saturated rings. The summed E-state index contributed by atoms with van der Waals surface area (Å²) in [5.41, 5.74) is 1.18. The molecule has 0 spiro atoms. The van der Waals surface area contributed by atoms with Gasteiger partial charge in [0.25, 0.3) is 0 Å². The average Bonchev–Trinajstić information content (AvgIpc) is 2.96. The summed E-state index contributed by atoms with van der Waals surface area (Å²) in [7, 11) is 0. The molecule has 1 N–H and O–H groups in total. The van der Waals surface area contributed by atoms with Gasteiger partial charge in [0, 0.05) is 19.3 Å². The molecule has 98 valence electrons. The lowest BCUT2D eigenvalue weighted by Crippen LogP contribution is -2.18. The van der Waals surface area contributed by atoms with Crippen molar-refractivity contribution in [3.05, 3.63) is 29.9 Å². The first-order valence-corrected chi connectivity index (χ1v) is 6.34. The number of rotatable bonds is 6. The zero-order valence-corrected chi connectivity index (χ0v) is 11.2. The van der Waals surface area contributed by atoms with Gasteiger partial charge in [0.15, 0.2) is 0 Å². The van der Waals surface area contributed by atoms with Crippen molar-refractivity contribution in [1.29, 1.82) is 0 Å². The molecule has 0 atom stereocenters. The fourth-order valence-electron chi connectivity index (χ4n) is 1.94. The molecule has 0 radical (unpaired) electrons. The summed E-state index contributed by atoms with van der Waals surface area (Å²) in [6.45, 7) is 9.53. The third-order valence-corrected chi connectivity index (χ3v) is 2.99. The topological polar surface area (TPSA) is 60.6 Å². The Bertz CT molecular complexity index is 498. The van der Waals surface area contributed by atoms with E-state index in [2.05, 4.69) is 38.8 Å². The zero-order valence-electron chi connectivity index (χ0n) is 11.2. The first kappa shape index (κ1) is 12.8. The van der Waals surface area contributed by atoms with Gasteiger partial charge in [-0.2, -0.15) is 5.10 Å². The Morgan fingerprint density at radius 2 is 2.11 bits per heavy atom. The maximum Gasteiger partial charge on any atom is 0.146 e. The Hall–Kier alpha value is -1.69. The van der Waals surface area contributed by atoms with Gasteiger partial charge in [0.05, 0.1) is 12.2 Å². The third kappa shape index (κ3) is 2.59. The van der Waals surface area contributed by atoms with Crippen LogP contribution < -0.4 is 5.32 Å². The Morgan fingerprint density at radius 3 is 2.83 bits per heavy atom. The lowest BCUT2D eigenvalue weighted by atomic mass is 10.4. The summed E-state index contributed by atoms with van der Waals surface area (Å²) < 4.78 is 4.09. The molecule has 0 aromatic carbocycles. The second-order valence-electron chi connectivity index (χ2n) is 4.16. The predicted molar refractivity (Wildman–Crippen MR) is 69.1 cm³/mol. The molecule has 2 aromatic heterocycles. The predicted octanol–water partition coefficient (Wildman–Crippen LogP) is 0.961. The summed E-state index contributed by atoms with van der Waals surface area (Å²) in [5.74, 6) is 1.98. The number of hydrogen-bond donors (Lipinski definition) is 1. The molecular weight excluding hydrogens is 228 g/mol. The molecule has 0 bridgehead atoms. The molecule has 0 aliphatic rings. The average molecular weight is 248 g/mol. The van der Waals surface area contributed by atoms with Gasteiger partial charge in [-0.3, -0.25) is 0 Å². The van der Waals surface area contributed by atoms with Crippen LogP contribution in [0.25, 0.3) is 0 Å². The summed E-state index contributed by atoms with van der Waals surface area (Å²) in [6.07, 6.45) is 3.53. The molecule has 18 heavy (non-hydrogen) atoms. The van der Waals surface area contributed by atoms with Crippen LogP contribution in [0.1, 0.15) is 31.2 Å². The van der Waals surface area contributed by atoms with E-state index < -0.39 is 0 Å². The van der Waals surface area contributed by atoms with Gasteiger partial charge in [0.2, 0.25) is 0 Å². The van der Waals surface area contributed by atoms with Crippen LogP contribution in [-0.2, 0) is 19.6 Å². The Kier molecular flexibility index (Phi) is 4.09. The standard InChI is InChI=1S/C12H20N6/c1-4-13-6-11-7-14-10(3)17(11)8-12-15-9-16-18(12)5-2/h7,9,13H,4-6,8H2,1-3H3. The molecule has 2 heterocycles. The molecule has 0 aliphatic carbocycles. The van der Waals surface area contributed by atoms with Gasteiger partial charge < -0.3 is 9.88 Å². The Morgan fingerprint density at radius 1 is 1.28 bits per heavy atom. The maximum atomic E-state index is 4.37. The summed E-state index contributed by atoms with van der Waals surface area (Å²) in [6, 6.07) is 0. The second-order valence-corrected chi connectivity index (χ2v) is 4.16. The van der Waals surface area contributed by atoms with Crippen LogP contribution in [-0.4, -0.2) is 30.9 Å². The molecule has 6 nitrogen and oxygen atoms in total. The van der Waals surface area contributed by atoms with Gasteiger partial charge in [0.1, 0.15) is 18.0 Å². The monoisotopic (exact) mass is 248 g/mol. The van der Waals surface area contributed by atoms with E-state index in [0.29, 0.717) is 0 Å².